The van der Waals surface area contributed by atoms with Crippen molar-refractivity contribution in [1.29, 1.82) is 5.26 Å². The van der Waals surface area contributed by atoms with Gasteiger partial charge in [-0.15, -0.1) is 0 Å². The van der Waals surface area contributed by atoms with Crippen LogP contribution >= 0.6 is 0 Å². The molecule has 0 aliphatic rings. The monoisotopic (exact) mass is 264 g/mol. The van der Waals surface area contributed by atoms with Gasteiger partial charge in [0.05, 0.1) is 19.6 Å². The summed E-state index contributed by atoms with van der Waals surface area (Å²) >= 11 is 0. The Balaban J connectivity index is 2.77. The van der Waals surface area contributed by atoms with E-state index in [1.807, 2.05) is 6.07 Å². The van der Waals surface area contributed by atoms with E-state index in [1.165, 1.54) is 36.3 Å². The molecule has 0 saturated carbocycles. The van der Waals surface area contributed by atoms with Gasteiger partial charge in [0.1, 0.15) is 12.4 Å². The number of anilines is 1. The van der Waals surface area contributed by atoms with E-state index in [4.69, 9.17) is 5.26 Å². The lowest BCUT2D eigenvalue weighted by molar-refractivity contribution is -0.141. The topological polar surface area (TPSA) is 70.4 Å². The summed E-state index contributed by atoms with van der Waals surface area (Å²) in [5.41, 5.74) is 0.415. The fourth-order valence-corrected chi connectivity index (χ4v) is 1.46. The molecular weight excluding hydrogens is 251 g/mol. The zero-order valence-corrected chi connectivity index (χ0v) is 10.4. The standard InChI is InChI=1S/C13H13FN2O3/c1-19-13(18)7-6-12(17)16(9-8-15)11-4-2-10(14)3-5-11/h2-5H,6-7,9H2,1H3. The predicted molar refractivity (Wildman–Crippen MR) is 65.6 cm³/mol. The van der Waals surface area contributed by atoms with Crippen molar-refractivity contribution in [3.8, 4) is 6.07 Å². The SMILES string of the molecule is COC(=O)CCC(=O)N(CC#N)c1ccc(F)cc1. The Morgan fingerprint density at radius 3 is 2.47 bits per heavy atom. The van der Waals surface area contributed by atoms with E-state index in [2.05, 4.69) is 4.74 Å². The fourth-order valence-electron chi connectivity index (χ4n) is 1.46. The number of halogens is 1. The van der Waals surface area contributed by atoms with Crippen molar-refractivity contribution in [2.45, 2.75) is 12.8 Å². The first-order valence-electron chi connectivity index (χ1n) is 5.58. The molecule has 1 amide bonds. The highest BCUT2D eigenvalue weighted by Crippen LogP contribution is 2.16. The van der Waals surface area contributed by atoms with Gasteiger partial charge >= 0.3 is 5.97 Å². The van der Waals surface area contributed by atoms with Crippen LogP contribution in [0.2, 0.25) is 0 Å². The maximum Gasteiger partial charge on any atom is 0.306 e. The van der Waals surface area contributed by atoms with Crippen molar-refractivity contribution in [2.75, 3.05) is 18.6 Å². The number of ether oxygens (including phenoxy) is 1. The van der Waals surface area contributed by atoms with E-state index in [0.717, 1.165) is 0 Å². The smallest absolute Gasteiger partial charge is 0.306 e. The van der Waals surface area contributed by atoms with Crippen LogP contribution in [0.25, 0.3) is 0 Å². The van der Waals surface area contributed by atoms with Crippen molar-refractivity contribution in [2.24, 2.45) is 0 Å². The second-order valence-corrected chi connectivity index (χ2v) is 3.69. The van der Waals surface area contributed by atoms with Gasteiger partial charge in [-0.1, -0.05) is 0 Å². The van der Waals surface area contributed by atoms with Crippen LogP contribution in [0.15, 0.2) is 24.3 Å². The van der Waals surface area contributed by atoms with Gasteiger partial charge in [0.25, 0.3) is 0 Å². The van der Waals surface area contributed by atoms with Crippen molar-refractivity contribution in [3.63, 3.8) is 0 Å². The number of nitriles is 1. The zero-order chi connectivity index (χ0) is 14.3. The summed E-state index contributed by atoms with van der Waals surface area (Å²) in [7, 11) is 1.24. The van der Waals surface area contributed by atoms with E-state index >= 15 is 0 Å². The highest BCUT2D eigenvalue weighted by atomic mass is 19.1. The molecule has 100 valence electrons. The lowest BCUT2D eigenvalue weighted by Crippen LogP contribution is -2.31. The highest BCUT2D eigenvalue weighted by Gasteiger charge is 2.16. The Hall–Kier alpha value is -2.42. The average molecular weight is 264 g/mol. The van der Waals surface area contributed by atoms with Gasteiger partial charge in [0, 0.05) is 12.1 Å². The van der Waals surface area contributed by atoms with Crippen LogP contribution in [0.4, 0.5) is 10.1 Å². The second-order valence-electron chi connectivity index (χ2n) is 3.69. The van der Waals surface area contributed by atoms with Crippen molar-refractivity contribution >= 4 is 17.6 Å². The van der Waals surface area contributed by atoms with E-state index in [9.17, 15) is 14.0 Å². The van der Waals surface area contributed by atoms with Gasteiger partial charge in [-0.3, -0.25) is 14.5 Å². The number of hydrogen-bond donors (Lipinski definition) is 0. The average Bonchev–Trinajstić information content (AvgIpc) is 2.43. The minimum Gasteiger partial charge on any atom is -0.469 e. The molecule has 0 aliphatic heterocycles. The Morgan fingerprint density at radius 2 is 1.95 bits per heavy atom. The number of carbonyl (C=O) groups excluding carboxylic acids is 2. The first kappa shape index (κ1) is 14.6. The molecule has 0 fully saturated rings. The van der Waals surface area contributed by atoms with Gasteiger partial charge in [0.15, 0.2) is 0 Å². The van der Waals surface area contributed by atoms with Crippen LogP contribution in [0.1, 0.15) is 12.8 Å². The van der Waals surface area contributed by atoms with Crippen molar-refractivity contribution < 1.29 is 18.7 Å². The molecule has 19 heavy (non-hydrogen) atoms. The largest absolute Gasteiger partial charge is 0.469 e. The quantitative estimate of drug-likeness (QED) is 0.598. The number of carbonyl (C=O) groups is 2. The molecule has 0 aliphatic carbocycles. The third kappa shape index (κ3) is 4.39. The second kappa shape index (κ2) is 7.11. The molecule has 0 radical (unpaired) electrons. The molecule has 0 heterocycles. The molecule has 1 aromatic carbocycles. The Morgan fingerprint density at radius 1 is 1.32 bits per heavy atom. The first-order chi connectivity index (χ1) is 9.08. The van der Waals surface area contributed by atoms with E-state index in [-0.39, 0.29) is 19.4 Å². The maximum atomic E-state index is 12.8. The lowest BCUT2D eigenvalue weighted by atomic mass is 10.2. The predicted octanol–water partition coefficient (Wildman–Crippen LogP) is 1.64. The Labute approximate surface area is 110 Å². The summed E-state index contributed by atoms with van der Waals surface area (Å²) in [6.07, 6.45) is -0.121. The van der Waals surface area contributed by atoms with Gasteiger partial charge < -0.3 is 4.74 Å². The van der Waals surface area contributed by atoms with E-state index in [1.54, 1.807) is 0 Å². The minimum absolute atomic E-state index is 0.0571. The normalized spacial score (nSPS) is 9.53. The number of methoxy groups -OCH3 is 1. The Kier molecular flexibility index (Phi) is 5.48. The molecule has 0 bridgehead atoms. The fraction of sp³-hybridized carbons (Fsp3) is 0.308. The van der Waals surface area contributed by atoms with Crippen LogP contribution in [0.3, 0.4) is 0 Å². The van der Waals surface area contributed by atoms with E-state index in [0.29, 0.717) is 5.69 Å². The number of benzene rings is 1. The maximum absolute atomic E-state index is 12.8. The number of esters is 1. The van der Waals surface area contributed by atoms with E-state index < -0.39 is 17.7 Å². The zero-order valence-electron chi connectivity index (χ0n) is 10.4. The summed E-state index contributed by atoms with van der Waals surface area (Å²) in [6.45, 7) is -0.161. The first-order valence-corrected chi connectivity index (χ1v) is 5.58. The highest BCUT2D eigenvalue weighted by molar-refractivity contribution is 5.95. The van der Waals surface area contributed by atoms with Gasteiger partial charge in [-0.2, -0.15) is 5.26 Å². The molecule has 1 rings (SSSR count). The molecule has 1 aromatic rings. The summed E-state index contributed by atoms with van der Waals surface area (Å²) in [5, 5.41) is 8.72. The molecule has 0 saturated heterocycles. The van der Waals surface area contributed by atoms with Crippen LogP contribution in [0, 0.1) is 17.1 Å². The summed E-state index contributed by atoms with van der Waals surface area (Å²) < 4.78 is 17.2. The van der Waals surface area contributed by atoms with Crippen LogP contribution in [-0.4, -0.2) is 25.5 Å². The molecular formula is C13H13FN2O3. The van der Waals surface area contributed by atoms with Crippen LogP contribution in [-0.2, 0) is 14.3 Å². The number of nitrogens with zero attached hydrogens (tertiary/aromatic N) is 2. The minimum atomic E-state index is -0.496. The van der Waals surface area contributed by atoms with Crippen molar-refractivity contribution in [1.82, 2.24) is 0 Å². The molecule has 0 atom stereocenters. The van der Waals surface area contributed by atoms with Crippen LogP contribution in [0.5, 0.6) is 0 Å². The van der Waals surface area contributed by atoms with Gasteiger partial charge in [-0.25, -0.2) is 4.39 Å². The van der Waals surface area contributed by atoms with Crippen molar-refractivity contribution in [3.05, 3.63) is 30.1 Å². The lowest BCUT2D eigenvalue weighted by Gasteiger charge is -2.19. The molecule has 0 aromatic heterocycles. The molecule has 5 nitrogen and oxygen atoms in total. The Bertz CT molecular complexity index is 494. The summed E-state index contributed by atoms with van der Waals surface area (Å²) in [6, 6.07) is 7.07. The van der Waals surface area contributed by atoms with Gasteiger partial charge in [0.2, 0.25) is 5.91 Å². The third-order valence-corrected chi connectivity index (χ3v) is 2.44. The third-order valence-electron chi connectivity index (χ3n) is 2.44. The van der Waals surface area contributed by atoms with Gasteiger partial charge in [-0.05, 0) is 24.3 Å². The molecule has 0 spiro atoms. The molecule has 0 unspecified atom stereocenters. The summed E-state index contributed by atoms with van der Waals surface area (Å²) in [4.78, 5) is 24.1. The van der Waals surface area contributed by atoms with Crippen LogP contribution < -0.4 is 4.90 Å². The summed E-state index contributed by atoms with van der Waals surface area (Å²) in [5.74, 6) is -1.31. The molecule has 0 N–H and O–H groups in total. The molecule has 6 heteroatoms. The number of amides is 1. The number of hydrogen-bond acceptors (Lipinski definition) is 4. The number of rotatable bonds is 5.